The first kappa shape index (κ1) is 53.6. The van der Waals surface area contributed by atoms with Crippen molar-refractivity contribution in [2.45, 2.75) is 0 Å². The van der Waals surface area contributed by atoms with E-state index in [1.54, 1.807) is 0 Å². The lowest BCUT2D eigenvalue weighted by Crippen LogP contribution is -2.56. The monoisotopic (exact) mass is 1240 g/mol. The van der Waals surface area contributed by atoms with Gasteiger partial charge in [-0.1, -0.05) is 224 Å². The summed E-state index contributed by atoms with van der Waals surface area (Å²) in [6, 6.07) is 116. The molecule has 1 N–H and O–H groups in total. The van der Waals surface area contributed by atoms with Gasteiger partial charge in [0.1, 0.15) is 22.3 Å². The highest BCUT2D eigenvalue weighted by Crippen LogP contribution is 2.55. The Kier molecular flexibility index (Phi) is 11.1. The van der Waals surface area contributed by atoms with E-state index in [9.17, 15) is 0 Å². The molecule has 19 aromatic rings. The molecular formula is C90H54B2N4O2. The number of hydrogen-bond acceptors (Lipinski definition) is 4. The zero-order valence-corrected chi connectivity index (χ0v) is 53.0. The molecule has 0 amide bonds. The number of hydrogen-bond donors (Lipinski definition) is 1. The van der Waals surface area contributed by atoms with Crippen molar-refractivity contribution in [3.05, 3.63) is 315 Å². The van der Waals surface area contributed by atoms with E-state index in [1.807, 2.05) is 0 Å². The molecule has 0 fully saturated rings. The Balaban J connectivity index is 0.851. The van der Waals surface area contributed by atoms with E-state index in [0.29, 0.717) is 7.28 Å². The van der Waals surface area contributed by atoms with Crippen molar-refractivity contribution in [2.75, 3.05) is 9.80 Å². The maximum absolute atomic E-state index is 7.00. The molecule has 0 bridgehead atoms. The summed E-state index contributed by atoms with van der Waals surface area (Å²) in [5, 5.41) is 9.19. The summed E-state index contributed by atoms with van der Waals surface area (Å²) in [4.78, 5) is 9.34. The predicted octanol–water partition coefficient (Wildman–Crippen LogP) is 21.2. The number of fused-ring (bicyclic) bond motifs is 19. The Labute approximate surface area is 564 Å². The Bertz CT molecular complexity index is 6490. The molecule has 0 spiro atoms. The lowest BCUT2D eigenvalue weighted by Gasteiger charge is -2.41. The van der Waals surface area contributed by atoms with Crippen molar-refractivity contribution in [3.63, 3.8) is 0 Å². The van der Waals surface area contributed by atoms with Gasteiger partial charge in [0.15, 0.2) is 7.28 Å². The van der Waals surface area contributed by atoms with Gasteiger partial charge in [-0.2, -0.15) is 0 Å². The quantitative estimate of drug-likeness (QED) is 0.162. The van der Waals surface area contributed by atoms with Crippen LogP contribution in [-0.4, -0.2) is 23.6 Å². The average molecular weight is 1250 g/mol. The molecule has 15 aromatic carbocycles. The molecule has 3 aliphatic heterocycles. The van der Waals surface area contributed by atoms with E-state index < -0.39 is 0 Å². The summed E-state index contributed by atoms with van der Waals surface area (Å²) < 4.78 is 16.5. The minimum Gasteiger partial charge on any atom is -0.456 e. The van der Waals surface area contributed by atoms with Crippen LogP contribution in [0.1, 0.15) is 0 Å². The molecule has 0 atom stereocenters. The van der Waals surface area contributed by atoms with Gasteiger partial charge in [-0.25, -0.2) is 0 Å². The van der Waals surface area contributed by atoms with Gasteiger partial charge in [-0.3, -0.25) is 0 Å². The van der Waals surface area contributed by atoms with Crippen LogP contribution in [0.3, 0.4) is 0 Å². The number of rotatable bonds is 7. The molecule has 8 heteroatoms. The van der Waals surface area contributed by atoms with Gasteiger partial charge >= 0.3 is 6.85 Å². The minimum atomic E-state index is -0.268. The van der Waals surface area contributed by atoms with Gasteiger partial charge in [0, 0.05) is 105 Å². The summed E-state index contributed by atoms with van der Waals surface area (Å²) in [5.41, 5.74) is 33.7. The van der Waals surface area contributed by atoms with Gasteiger partial charge < -0.3 is 28.1 Å². The molecule has 4 aromatic heterocycles. The van der Waals surface area contributed by atoms with Gasteiger partial charge in [0.2, 0.25) is 0 Å². The average Bonchev–Trinajstić information content (AvgIpc) is 1.45. The van der Waals surface area contributed by atoms with Crippen LogP contribution >= 0.6 is 0 Å². The molecule has 22 rings (SSSR count). The summed E-state index contributed by atoms with van der Waals surface area (Å²) in [7, 11) is 0.667. The number of furan rings is 2. The van der Waals surface area contributed by atoms with Crippen LogP contribution in [0.4, 0.5) is 34.1 Å². The molecule has 0 radical (unpaired) electrons. The van der Waals surface area contributed by atoms with Crippen LogP contribution in [0.25, 0.3) is 154 Å². The number of para-hydroxylation sites is 4. The first-order valence-electron chi connectivity index (χ1n) is 33.9. The first-order valence-corrected chi connectivity index (χ1v) is 33.9. The molecule has 452 valence electrons. The Morgan fingerprint density at radius 1 is 0.327 bits per heavy atom. The normalized spacial score (nSPS) is 12.9. The second kappa shape index (κ2) is 20.4. The van der Waals surface area contributed by atoms with Crippen molar-refractivity contribution in [1.82, 2.24) is 9.46 Å². The molecule has 0 unspecified atom stereocenters. The number of H-pyrrole nitrogens is 1. The van der Waals surface area contributed by atoms with Crippen LogP contribution in [0.2, 0.25) is 0 Å². The maximum Gasteiger partial charge on any atom is 0.333 e. The molecule has 6 nitrogen and oxygen atoms in total. The summed E-state index contributed by atoms with van der Waals surface area (Å²) >= 11 is 0. The van der Waals surface area contributed by atoms with Gasteiger partial charge in [-0.15, -0.1) is 0 Å². The third kappa shape index (κ3) is 7.65. The zero-order valence-electron chi connectivity index (χ0n) is 53.0. The Morgan fingerprint density at radius 2 is 0.816 bits per heavy atom. The third-order valence-electron chi connectivity index (χ3n) is 21.4. The third-order valence-corrected chi connectivity index (χ3v) is 21.4. The standard InChI is InChI=1S/C90H54B2N4O2/c1-5-23-53(24-6-1)57-43-58(54-25-7-2-8-26-54)46-61(45-57)94-75-39-21-35-67(87(75)91-71-51-81-69(49-77(71)94)63-31-15-19-41-79(63)97-81)84-85-66-34-14-18-38-74(66)96-90(85)86(83-65-33-13-17-37-73(65)93-89(83)84)68-36-22-40-76-88(68)92(96)72-52-82-70(64-32-16-20-42-80(64)98-82)50-78(72)95(76)62-47-59(55-27-9-3-10-28-55)44-60(48-62)56-29-11-4-12-30-56/h1-52,91,93H. The van der Waals surface area contributed by atoms with Crippen molar-refractivity contribution in [1.29, 1.82) is 0 Å². The highest BCUT2D eigenvalue weighted by atomic mass is 16.3. The Hall–Kier alpha value is -12.8. The summed E-state index contributed by atoms with van der Waals surface area (Å²) in [6.45, 7) is -0.268. The number of nitrogens with one attached hydrogen (secondary N) is 1. The van der Waals surface area contributed by atoms with E-state index in [2.05, 4.69) is 335 Å². The molecule has 0 saturated heterocycles. The molecule has 0 aliphatic carbocycles. The summed E-state index contributed by atoms with van der Waals surface area (Å²) in [6.07, 6.45) is 0. The number of anilines is 6. The fourth-order valence-electron chi connectivity index (χ4n) is 17.3. The highest BCUT2D eigenvalue weighted by molar-refractivity contribution is 6.90. The smallest absolute Gasteiger partial charge is 0.333 e. The van der Waals surface area contributed by atoms with Gasteiger partial charge in [0.05, 0.1) is 5.52 Å². The Morgan fingerprint density at radius 3 is 1.42 bits per heavy atom. The second-order valence-corrected chi connectivity index (χ2v) is 26.7. The molecule has 3 aliphatic rings. The largest absolute Gasteiger partial charge is 0.456 e. The van der Waals surface area contributed by atoms with Crippen molar-refractivity contribution in [2.24, 2.45) is 0 Å². The van der Waals surface area contributed by atoms with E-state index in [1.165, 1.54) is 76.7 Å². The van der Waals surface area contributed by atoms with Crippen molar-refractivity contribution < 1.29 is 8.83 Å². The lowest BCUT2D eigenvalue weighted by atomic mass is 9.45. The number of aromatic nitrogens is 2. The van der Waals surface area contributed by atoms with E-state index >= 15 is 0 Å². The van der Waals surface area contributed by atoms with Crippen molar-refractivity contribution in [3.8, 4) is 66.8 Å². The van der Waals surface area contributed by atoms with Gasteiger partial charge in [0.25, 0.3) is 0 Å². The SMILES string of the molecule is B1c2cc3oc4ccccc4c3cc2N(c2cc(-c3ccccc3)cc(-c3ccccc3)c2)c2cccc(-c3c4[nH]c5ccccc5c4c4c5c3c3ccccc3n5B3c5cc6oc7ccccc7c6cc5N(c5cc(-c6ccccc6)cc(-c6ccccc6)c5)c5cccc-4c53)c21. The molecule has 98 heavy (non-hydrogen) atoms. The lowest BCUT2D eigenvalue weighted by molar-refractivity contribution is 0.669. The van der Waals surface area contributed by atoms with Crippen molar-refractivity contribution >= 4 is 158 Å². The van der Waals surface area contributed by atoms with Gasteiger partial charge in [-0.05, 0) is 169 Å². The van der Waals surface area contributed by atoms with Crippen LogP contribution in [0, 0.1) is 0 Å². The highest BCUT2D eigenvalue weighted by Gasteiger charge is 2.45. The van der Waals surface area contributed by atoms with E-state index in [-0.39, 0.29) is 6.85 Å². The first-order chi connectivity index (χ1) is 48.6. The van der Waals surface area contributed by atoms with Crippen LogP contribution < -0.4 is 31.7 Å². The summed E-state index contributed by atoms with van der Waals surface area (Å²) in [5.74, 6) is 0. The van der Waals surface area contributed by atoms with Crippen LogP contribution in [0.5, 0.6) is 0 Å². The van der Waals surface area contributed by atoms with E-state index in [0.717, 1.165) is 134 Å². The molecule has 0 saturated carbocycles. The maximum atomic E-state index is 7.00. The second-order valence-electron chi connectivity index (χ2n) is 26.7. The van der Waals surface area contributed by atoms with Crippen LogP contribution in [0.15, 0.2) is 324 Å². The van der Waals surface area contributed by atoms with E-state index in [4.69, 9.17) is 8.83 Å². The van der Waals surface area contributed by atoms with Crippen LogP contribution in [-0.2, 0) is 0 Å². The minimum absolute atomic E-state index is 0.268. The fraction of sp³-hybridized carbons (Fsp3) is 0. The zero-order chi connectivity index (χ0) is 63.8. The topological polar surface area (TPSA) is 53.5 Å². The predicted molar refractivity (Wildman–Crippen MR) is 412 cm³/mol. The number of aromatic amines is 1. The molecular weight excluding hydrogens is 1190 g/mol. The number of nitrogens with zero attached hydrogens (tertiary/aromatic N) is 3. The molecule has 7 heterocycles. The number of benzene rings is 15. The fourth-order valence-corrected chi connectivity index (χ4v) is 17.3.